The van der Waals surface area contributed by atoms with Crippen LogP contribution in [0.25, 0.3) is 23.0 Å². The monoisotopic (exact) mass is 422 g/mol. The zero-order valence-corrected chi connectivity index (χ0v) is 16.6. The lowest BCUT2D eigenvalue weighted by atomic mass is 10.1. The number of rotatable bonds is 3. The molecule has 3 aromatic rings. The number of nitrogens with two attached hydrogens (primary N) is 2. The van der Waals surface area contributed by atoms with Crippen LogP contribution >= 0.6 is 23.8 Å². The Morgan fingerprint density at radius 2 is 1.79 bits per heavy atom. The minimum Gasteiger partial charge on any atom is -0.382 e. The Hall–Kier alpha value is -3.49. The van der Waals surface area contributed by atoms with Crippen LogP contribution in [0.1, 0.15) is 5.69 Å². The van der Waals surface area contributed by atoms with Gasteiger partial charge in [0.1, 0.15) is 0 Å². The van der Waals surface area contributed by atoms with Crippen molar-refractivity contribution >= 4 is 46.8 Å². The maximum Gasteiger partial charge on any atom is 0.284 e. The summed E-state index contributed by atoms with van der Waals surface area (Å²) in [5.41, 5.74) is 14.7. The van der Waals surface area contributed by atoms with Crippen molar-refractivity contribution in [1.29, 1.82) is 0 Å². The van der Waals surface area contributed by atoms with Crippen molar-refractivity contribution in [2.75, 3.05) is 0 Å². The van der Waals surface area contributed by atoms with Gasteiger partial charge in [-0.3, -0.25) is 4.79 Å². The molecule has 1 aromatic heterocycles. The third-order valence-electron chi connectivity index (χ3n) is 4.29. The molecular weight excluding hydrogens is 408 g/mol. The summed E-state index contributed by atoms with van der Waals surface area (Å²) in [5.74, 6) is -0.444. The largest absolute Gasteiger partial charge is 0.382 e. The fourth-order valence-electron chi connectivity index (χ4n) is 2.90. The number of thiocarbonyl (C=S) groups is 1. The van der Waals surface area contributed by atoms with Gasteiger partial charge in [0, 0.05) is 10.6 Å². The Labute approximate surface area is 176 Å². The highest BCUT2D eigenvalue weighted by Gasteiger charge is 2.30. The molecule has 4 N–H and O–H groups in total. The summed E-state index contributed by atoms with van der Waals surface area (Å²) in [7, 11) is 0. The van der Waals surface area contributed by atoms with Gasteiger partial charge >= 0.3 is 0 Å². The number of benzene rings is 2. The average molecular weight is 423 g/mol. The molecule has 0 aliphatic carbocycles. The Morgan fingerprint density at radius 3 is 2.41 bits per heavy atom. The maximum absolute atomic E-state index is 12.6. The fourth-order valence-corrected chi connectivity index (χ4v) is 3.15. The van der Waals surface area contributed by atoms with Crippen molar-refractivity contribution in [3.63, 3.8) is 0 Å². The SMILES string of the molecule is NC(=S)N1N=C(N)/C(=C\c2cc(-c3ccc(Cl)cc3)nn2-c2ccccc2)C1=O. The lowest BCUT2D eigenvalue weighted by Gasteiger charge is -2.07. The van der Waals surface area contributed by atoms with Crippen LogP contribution in [0, 0.1) is 0 Å². The molecule has 2 aromatic carbocycles. The van der Waals surface area contributed by atoms with Gasteiger partial charge in [-0.15, -0.1) is 5.10 Å². The first-order chi connectivity index (χ1) is 13.9. The van der Waals surface area contributed by atoms with Gasteiger partial charge in [0.05, 0.1) is 22.6 Å². The number of carbonyl (C=O) groups excluding carboxylic acids is 1. The molecule has 9 heteroatoms. The summed E-state index contributed by atoms with van der Waals surface area (Å²) in [6, 6.07) is 18.7. The highest BCUT2D eigenvalue weighted by atomic mass is 35.5. The van der Waals surface area contributed by atoms with E-state index in [1.165, 1.54) is 0 Å². The van der Waals surface area contributed by atoms with Crippen LogP contribution in [-0.2, 0) is 4.79 Å². The van der Waals surface area contributed by atoms with Gasteiger partial charge in [-0.1, -0.05) is 41.9 Å². The molecule has 0 unspecified atom stereocenters. The predicted molar refractivity (Wildman–Crippen MR) is 117 cm³/mol. The van der Waals surface area contributed by atoms with E-state index in [1.54, 1.807) is 22.9 Å². The van der Waals surface area contributed by atoms with E-state index in [1.807, 2.05) is 48.5 Å². The Balaban J connectivity index is 1.84. The van der Waals surface area contributed by atoms with E-state index in [2.05, 4.69) is 5.10 Å². The first-order valence-corrected chi connectivity index (χ1v) is 9.34. The van der Waals surface area contributed by atoms with Crippen LogP contribution < -0.4 is 11.5 Å². The van der Waals surface area contributed by atoms with Crippen LogP contribution in [0.4, 0.5) is 0 Å². The highest BCUT2D eigenvalue weighted by molar-refractivity contribution is 7.80. The fraction of sp³-hybridized carbons (Fsp3) is 0. The minimum absolute atomic E-state index is 0.0386. The summed E-state index contributed by atoms with van der Waals surface area (Å²) < 4.78 is 1.72. The van der Waals surface area contributed by atoms with Gasteiger partial charge in [-0.05, 0) is 48.6 Å². The predicted octanol–water partition coefficient (Wildman–Crippen LogP) is 2.93. The molecule has 144 valence electrons. The van der Waals surface area contributed by atoms with Crippen molar-refractivity contribution in [1.82, 2.24) is 14.8 Å². The number of aromatic nitrogens is 2. The average Bonchev–Trinajstić information content (AvgIpc) is 3.26. The molecule has 0 spiro atoms. The van der Waals surface area contributed by atoms with Gasteiger partial charge in [-0.2, -0.15) is 10.1 Å². The van der Waals surface area contributed by atoms with E-state index in [4.69, 9.17) is 40.4 Å². The maximum atomic E-state index is 12.6. The highest BCUT2D eigenvalue weighted by Crippen LogP contribution is 2.26. The molecule has 2 heterocycles. The number of para-hydroxylation sites is 1. The zero-order valence-electron chi connectivity index (χ0n) is 15.0. The van der Waals surface area contributed by atoms with Gasteiger partial charge in [0.15, 0.2) is 10.9 Å². The lowest BCUT2D eigenvalue weighted by Crippen LogP contribution is -2.33. The van der Waals surface area contributed by atoms with Crippen molar-refractivity contribution in [2.45, 2.75) is 0 Å². The van der Waals surface area contributed by atoms with E-state index in [0.717, 1.165) is 16.3 Å². The van der Waals surface area contributed by atoms with Crippen molar-refractivity contribution in [3.05, 3.63) is 77.0 Å². The van der Waals surface area contributed by atoms with Crippen molar-refractivity contribution in [3.8, 4) is 16.9 Å². The van der Waals surface area contributed by atoms with Gasteiger partial charge < -0.3 is 11.5 Å². The number of carbonyl (C=O) groups is 1. The molecule has 1 amide bonds. The number of halogens is 1. The van der Waals surface area contributed by atoms with Gasteiger partial charge in [-0.25, -0.2) is 4.68 Å². The molecule has 1 aliphatic heterocycles. The number of nitrogens with zero attached hydrogens (tertiary/aromatic N) is 4. The lowest BCUT2D eigenvalue weighted by molar-refractivity contribution is -0.122. The quantitative estimate of drug-likeness (QED) is 0.499. The second-order valence-electron chi connectivity index (χ2n) is 6.21. The standard InChI is InChI=1S/C20H15ClN6OS/c21-13-8-6-12(7-9-13)17-11-15(26(24-17)14-4-2-1-3-5-14)10-16-18(22)25-27(19(16)28)20(23)29/h1-11H,(H2,22,25)(H2,23,29)/b16-10+. The molecule has 4 rings (SSSR count). The second-order valence-corrected chi connectivity index (χ2v) is 7.06. The first kappa shape index (κ1) is 18.9. The van der Waals surface area contributed by atoms with Gasteiger partial charge in [0.25, 0.3) is 5.91 Å². The van der Waals surface area contributed by atoms with Crippen molar-refractivity contribution < 1.29 is 4.79 Å². The first-order valence-electron chi connectivity index (χ1n) is 8.55. The topological polar surface area (TPSA) is 103 Å². The van der Waals surface area contributed by atoms with Crippen LogP contribution in [0.2, 0.25) is 5.02 Å². The summed E-state index contributed by atoms with van der Waals surface area (Å²) >= 11 is 10.8. The van der Waals surface area contributed by atoms with E-state index in [9.17, 15) is 4.79 Å². The number of hydrogen-bond donors (Lipinski definition) is 2. The Bertz CT molecular complexity index is 1170. The molecule has 0 saturated carbocycles. The molecule has 0 fully saturated rings. The summed E-state index contributed by atoms with van der Waals surface area (Å²) in [6.07, 6.45) is 1.62. The van der Waals surface area contributed by atoms with E-state index in [0.29, 0.717) is 16.4 Å². The number of amidine groups is 1. The van der Waals surface area contributed by atoms with Gasteiger partial charge in [0.2, 0.25) is 0 Å². The van der Waals surface area contributed by atoms with Crippen LogP contribution in [-0.4, -0.2) is 31.6 Å². The van der Waals surface area contributed by atoms with E-state index in [-0.39, 0.29) is 16.5 Å². The molecule has 0 radical (unpaired) electrons. The smallest absolute Gasteiger partial charge is 0.284 e. The minimum atomic E-state index is -0.483. The summed E-state index contributed by atoms with van der Waals surface area (Å²) in [5, 5.41) is 9.99. The zero-order chi connectivity index (χ0) is 20.5. The Morgan fingerprint density at radius 1 is 1.10 bits per heavy atom. The molecule has 7 nitrogen and oxygen atoms in total. The normalized spacial score (nSPS) is 15.1. The number of amides is 1. The van der Waals surface area contributed by atoms with E-state index >= 15 is 0 Å². The van der Waals surface area contributed by atoms with Crippen LogP contribution in [0.15, 0.2) is 71.3 Å². The van der Waals surface area contributed by atoms with E-state index < -0.39 is 5.91 Å². The molecule has 29 heavy (non-hydrogen) atoms. The molecule has 1 aliphatic rings. The Kier molecular flexibility index (Phi) is 4.87. The third kappa shape index (κ3) is 3.63. The molecular formula is C20H15ClN6OS. The summed E-state index contributed by atoms with van der Waals surface area (Å²) in [6.45, 7) is 0. The van der Waals surface area contributed by atoms with Crippen LogP contribution in [0.5, 0.6) is 0 Å². The van der Waals surface area contributed by atoms with Crippen LogP contribution in [0.3, 0.4) is 0 Å². The third-order valence-corrected chi connectivity index (χ3v) is 4.71. The molecule has 0 saturated heterocycles. The van der Waals surface area contributed by atoms with Crippen molar-refractivity contribution in [2.24, 2.45) is 16.6 Å². The molecule has 0 atom stereocenters. The number of hydrazone groups is 1. The summed E-state index contributed by atoms with van der Waals surface area (Å²) in [4.78, 5) is 12.6. The molecule has 0 bridgehead atoms. The number of hydrogen-bond acceptors (Lipinski definition) is 5. The second kappa shape index (κ2) is 7.50.